The van der Waals surface area contributed by atoms with Gasteiger partial charge in [-0.25, -0.2) is 4.79 Å². The molecule has 2 rings (SSSR count). The van der Waals surface area contributed by atoms with Gasteiger partial charge in [-0.15, -0.1) is 0 Å². The zero-order valence-electron chi connectivity index (χ0n) is 6.37. The predicted molar refractivity (Wildman–Crippen MR) is 43.2 cm³/mol. The first-order chi connectivity index (χ1) is 6.20. The Hall–Kier alpha value is -2.22. The maximum atomic E-state index is 10.7. The Kier molecular flexibility index (Phi) is 1.36. The Morgan fingerprint density at radius 1 is 1.54 bits per heavy atom. The van der Waals surface area contributed by atoms with Crippen LogP contribution in [0.5, 0.6) is 5.75 Å². The van der Waals surface area contributed by atoms with Crippen molar-refractivity contribution < 1.29 is 9.52 Å². The van der Waals surface area contributed by atoms with Gasteiger partial charge in [-0.1, -0.05) is 0 Å². The number of aromatic nitrogens is 1. The first-order valence-corrected chi connectivity index (χ1v) is 3.46. The number of hydrogen-bond acceptors (Lipinski definition) is 4. The van der Waals surface area contributed by atoms with E-state index in [2.05, 4.69) is 9.40 Å². The van der Waals surface area contributed by atoms with E-state index >= 15 is 0 Å². The highest BCUT2D eigenvalue weighted by Gasteiger charge is 2.07. The lowest BCUT2D eigenvalue weighted by molar-refractivity contribution is 0.480. The van der Waals surface area contributed by atoms with Crippen LogP contribution in [0, 0.1) is 11.3 Å². The van der Waals surface area contributed by atoms with Gasteiger partial charge in [-0.05, 0) is 0 Å². The number of phenols is 1. The Morgan fingerprint density at radius 2 is 2.31 bits per heavy atom. The smallest absolute Gasteiger partial charge is 0.417 e. The number of phenolic OH excluding ortho intramolecular Hbond substituents is 1. The van der Waals surface area contributed by atoms with E-state index < -0.39 is 5.76 Å². The lowest BCUT2D eigenvalue weighted by atomic mass is 10.2. The molecule has 5 heteroatoms. The molecule has 1 heterocycles. The number of aromatic hydroxyl groups is 1. The summed E-state index contributed by atoms with van der Waals surface area (Å²) in [6.07, 6.45) is 0. The third-order valence-electron chi connectivity index (χ3n) is 1.64. The van der Waals surface area contributed by atoms with E-state index in [1.54, 1.807) is 0 Å². The van der Waals surface area contributed by atoms with Crippen molar-refractivity contribution in [2.24, 2.45) is 0 Å². The lowest BCUT2D eigenvalue weighted by Gasteiger charge is -1.92. The molecule has 0 aliphatic rings. The number of benzene rings is 1. The SMILES string of the molecule is N#Cc1cc(O)c2[nH]c(=O)oc2c1. The molecule has 1 aromatic heterocycles. The number of nitrogens with one attached hydrogen (secondary N) is 1. The quantitative estimate of drug-likeness (QED) is 0.618. The van der Waals surface area contributed by atoms with Crippen molar-refractivity contribution in [3.05, 3.63) is 28.2 Å². The van der Waals surface area contributed by atoms with Crippen LogP contribution in [0.3, 0.4) is 0 Å². The Balaban J connectivity index is 2.93. The van der Waals surface area contributed by atoms with Crippen molar-refractivity contribution in [2.45, 2.75) is 0 Å². The summed E-state index contributed by atoms with van der Waals surface area (Å²) < 4.78 is 4.67. The third-order valence-corrected chi connectivity index (χ3v) is 1.64. The highest BCUT2D eigenvalue weighted by Crippen LogP contribution is 2.22. The van der Waals surface area contributed by atoms with Crippen LogP contribution in [-0.4, -0.2) is 10.1 Å². The van der Waals surface area contributed by atoms with Crippen LogP contribution in [0.25, 0.3) is 11.1 Å². The number of aromatic amines is 1. The van der Waals surface area contributed by atoms with Crippen LogP contribution in [0.4, 0.5) is 0 Å². The minimum Gasteiger partial charge on any atom is -0.506 e. The molecule has 0 bridgehead atoms. The van der Waals surface area contributed by atoms with Gasteiger partial charge in [0, 0.05) is 12.1 Å². The van der Waals surface area contributed by atoms with Gasteiger partial charge in [-0.3, -0.25) is 4.98 Å². The number of fused-ring (bicyclic) bond motifs is 1. The van der Waals surface area contributed by atoms with E-state index in [0.717, 1.165) is 0 Å². The van der Waals surface area contributed by atoms with Gasteiger partial charge in [0.15, 0.2) is 5.58 Å². The molecule has 13 heavy (non-hydrogen) atoms. The average Bonchev–Trinajstić information content (AvgIpc) is 2.46. The fourth-order valence-corrected chi connectivity index (χ4v) is 1.10. The molecule has 0 saturated heterocycles. The second-order valence-electron chi connectivity index (χ2n) is 2.49. The van der Waals surface area contributed by atoms with Gasteiger partial charge in [-0.2, -0.15) is 5.26 Å². The Labute approximate surface area is 71.8 Å². The molecule has 0 spiro atoms. The van der Waals surface area contributed by atoms with Gasteiger partial charge in [0.05, 0.1) is 11.6 Å². The van der Waals surface area contributed by atoms with E-state index in [-0.39, 0.29) is 22.4 Å². The van der Waals surface area contributed by atoms with Crippen LogP contribution < -0.4 is 5.76 Å². The van der Waals surface area contributed by atoms with E-state index in [4.69, 9.17) is 5.26 Å². The average molecular weight is 176 g/mol. The minimum absolute atomic E-state index is 0.167. The summed E-state index contributed by atoms with van der Waals surface area (Å²) in [5.41, 5.74) is 0.637. The molecule has 1 aromatic carbocycles. The van der Waals surface area contributed by atoms with Crippen molar-refractivity contribution in [1.82, 2.24) is 4.98 Å². The fraction of sp³-hybridized carbons (Fsp3) is 0. The summed E-state index contributed by atoms with van der Waals surface area (Å²) in [5, 5.41) is 17.9. The maximum absolute atomic E-state index is 10.7. The molecular formula is C8H4N2O3. The number of H-pyrrole nitrogens is 1. The minimum atomic E-state index is -0.652. The van der Waals surface area contributed by atoms with Gasteiger partial charge < -0.3 is 9.52 Å². The molecule has 0 aliphatic carbocycles. The van der Waals surface area contributed by atoms with E-state index in [9.17, 15) is 9.90 Å². The monoisotopic (exact) mass is 176 g/mol. The second kappa shape index (κ2) is 2.38. The number of nitriles is 1. The van der Waals surface area contributed by atoms with Gasteiger partial charge >= 0.3 is 5.76 Å². The van der Waals surface area contributed by atoms with E-state index in [0.29, 0.717) is 0 Å². The largest absolute Gasteiger partial charge is 0.506 e. The standard InChI is InChI=1S/C8H4N2O3/c9-3-4-1-5(11)7-6(2-4)13-8(12)10-7/h1-2,11H,(H,10,12). The highest BCUT2D eigenvalue weighted by molar-refractivity contribution is 5.80. The van der Waals surface area contributed by atoms with Crippen molar-refractivity contribution in [2.75, 3.05) is 0 Å². The van der Waals surface area contributed by atoms with Crippen LogP contribution >= 0.6 is 0 Å². The maximum Gasteiger partial charge on any atom is 0.417 e. The van der Waals surface area contributed by atoms with Crippen molar-refractivity contribution in [1.29, 1.82) is 5.26 Å². The molecule has 0 atom stereocenters. The molecule has 2 aromatic rings. The van der Waals surface area contributed by atoms with Crippen LogP contribution in [0.2, 0.25) is 0 Å². The van der Waals surface area contributed by atoms with Crippen molar-refractivity contribution >= 4 is 11.1 Å². The summed E-state index contributed by atoms with van der Waals surface area (Å²) in [5.74, 6) is -0.819. The molecule has 0 unspecified atom stereocenters. The molecule has 64 valence electrons. The number of hydrogen-bond donors (Lipinski definition) is 2. The van der Waals surface area contributed by atoms with Crippen molar-refractivity contribution in [3.8, 4) is 11.8 Å². The van der Waals surface area contributed by atoms with Crippen LogP contribution in [-0.2, 0) is 0 Å². The number of rotatable bonds is 0. The molecule has 2 N–H and O–H groups in total. The second-order valence-corrected chi connectivity index (χ2v) is 2.49. The lowest BCUT2D eigenvalue weighted by Crippen LogP contribution is -1.92. The van der Waals surface area contributed by atoms with Gasteiger partial charge in [0.2, 0.25) is 0 Å². The Morgan fingerprint density at radius 3 is 3.00 bits per heavy atom. The summed E-state index contributed by atoms with van der Waals surface area (Å²) >= 11 is 0. The first-order valence-electron chi connectivity index (χ1n) is 3.46. The molecule has 0 radical (unpaired) electrons. The zero-order valence-corrected chi connectivity index (χ0v) is 6.37. The third kappa shape index (κ3) is 1.05. The topological polar surface area (TPSA) is 90.0 Å². The molecular weight excluding hydrogens is 172 g/mol. The summed E-state index contributed by atoms with van der Waals surface area (Å²) in [6, 6.07) is 4.47. The highest BCUT2D eigenvalue weighted by atomic mass is 16.4. The van der Waals surface area contributed by atoms with Gasteiger partial charge in [0.1, 0.15) is 11.3 Å². The van der Waals surface area contributed by atoms with Crippen LogP contribution in [0.15, 0.2) is 21.3 Å². The molecule has 0 fully saturated rings. The summed E-state index contributed by atoms with van der Waals surface area (Å²) in [4.78, 5) is 13.0. The molecule has 5 nitrogen and oxygen atoms in total. The number of oxazole rings is 1. The summed E-state index contributed by atoms with van der Waals surface area (Å²) in [6.45, 7) is 0. The first kappa shape index (κ1) is 7.43. The number of nitrogens with zero attached hydrogens (tertiary/aromatic N) is 1. The fourth-order valence-electron chi connectivity index (χ4n) is 1.10. The predicted octanol–water partition coefficient (Wildman–Crippen LogP) is 0.698. The van der Waals surface area contributed by atoms with Crippen molar-refractivity contribution in [3.63, 3.8) is 0 Å². The van der Waals surface area contributed by atoms with E-state index in [1.165, 1.54) is 12.1 Å². The van der Waals surface area contributed by atoms with E-state index in [1.807, 2.05) is 6.07 Å². The van der Waals surface area contributed by atoms with Crippen LogP contribution in [0.1, 0.15) is 5.56 Å². The molecule has 0 saturated carbocycles. The molecule has 0 aliphatic heterocycles. The molecule has 0 amide bonds. The normalized spacial score (nSPS) is 10.1. The summed E-state index contributed by atoms with van der Waals surface area (Å²) in [7, 11) is 0. The van der Waals surface area contributed by atoms with Gasteiger partial charge in [0.25, 0.3) is 0 Å². The Bertz CT molecular complexity index is 559. The zero-order chi connectivity index (χ0) is 9.42.